The zero-order valence-electron chi connectivity index (χ0n) is 12.1. The Kier molecular flexibility index (Phi) is 3.70. The van der Waals surface area contributed by atoms with Crippen molar-refractivity contribution in [2.24, 2.45) is 0 Å². The highest BCUT2D eigenvalue weighted by Crippen LogP contribution is 2.34. The van der Waals surface area contributed by atoms with Crippen LogP contribution in [0.1, 0.15) is 16.1 Å². The van der Waals surface area contributed by atoms with E-state index in [9.17, 15) is 22.4 Å². The Bertz CT molecular complexity index is 917. The molecule has 0 unspecified atom stereocenters. The van der Waals surface area contributed by atoms with Crippen molar-refractivity contribution < 1.29 is 27.1 Å². The van der Waals surface area contributed by atoms with Gasteiger partial charge < -0.3 is 4.74 Å². The quantitative estimate of drug-likeness (QED) is 0.531. The molecule has 3 aromatic rings. The molecule has 0 saturated carbocycles. The Morgan fingerprint density at radius 3 is 2.46 bits per heavy atom. The maximum atomic E-state index is 13.3. The molecule has 2 aromatic heterocycles. The number of alkyl halides is 3. The van der Waals surface area contributed by atoms with Gasteiger partial charge in [0.1, 0.15) is 11.4 Å². The lowest BCUT2D eigenvalue weighted by Crippen LogP contribution is -2.10. The second kappa shape index (κ2) is 5.59. The van der Waals surface area contributed by atoms with Gasteiger partial charge in [0.05, 0.1) is 19.0 Å². The van der Waals surface area contributed by atoms with Crippen LogP contribution in [0.25, 0.3) is 16.9 Å². The Morgan fingerprint density at radius 1 is 1.21 bits per heavy atom. The van der Waals surface area contributed by atoms with Gasteiger partial charge in [-0.1, -0.05) is 0 Å². The van der Waals surface area contributed by atoms with E-state index in [-0.39, 0.29) is 17.0 Å². The molecular formula is C15H9F4N3O2. The lowest BCUT2D eigenvalue weighted by atomic mass is 10.1. The van der Waals surface area contributed by atoms with E-state index in [1.165, 1.54) is 12.1 Å². The van der Waals surface area contributed by atoms with Gasteiger partial charge in [-0.05, 0) is 30.3 Å². The fourth-order valence-electron chi connectivity index (χ4n) is 2.15. The van der Waals surface area contributed by atoms with Crippen LogP contribution in [-0.4, -0.2) is 27.7 Å². The number of methoxy groups -OCH3 is 1. The van der Waals surface area contributed by atoms with Crippen LogP contribution in [0.4, 0.5) is 17.6 Å². The number of carbonyl (C=O) groups excluding carboxylic acids is 1. The van der Waals surface area contributed by atoms with E-state index in [0.717, 1.165) is 36.0 Å². The molecule has 0 fully saturated rings. The van der Waals surface area contributed by atoms with Crippen molar-refractivity contribution in [2.45, 2.75) is 6.18 Å². The minimum absolute atomic E-state index is 0.0383. The summed E-state index contributed by atoms with van der Waals surface area (Å²) in [5, 5.41) is 4.01. The molecule has 0 radical (unpaired) electrons. The first-order valence-corrected chi connectivity index (χ1v) is 6.61. The lowest BCUT2D eigenvalue weighted by molar-refractivity contribution is -0.136. The molecule has 0 amide bonds. The summed E-state index contributed by atoms with van der Waals surface area (Å²) in [6.07, 6.45) is -3.67. The summed E-state index contributed by atoms with van der Waals surface area (Å²) in [5.74, 6) is -1.40. The van der Waals surface area contributed by atoms with Crippen LogP contribution in [0, 0.1) is 5.82 Å². The van der Waals surface area contributed by atoms with Crippen LogP contribution in [0.2, 0.25) is 0 Å². The van der Waals surface area contributed by atoms with E-state index in [1.807, 2.05) is 0 Å². The minimum Gasteiger partial charge on any atom is -0.464 e. The standard InChI is InChI=1S/C15H9F4N3O2/c1-24-14(23)12-7-22-13(20-12)10(15(17,18)19)6-11(21-22)8-2-4-9(16)5-3-8/h2-7H,1H3. The minimum atomic E-state index is -4.71. The molecule has 0 bridgehead atoms. The monoisotopic (exact) mass is 339 g/mol. The normalized spacial score (nSPS) is 11.7. The Hall–Kier alpha value is -2.97. The maximum absolute atomic E-state index is 13.3. The number of fused-ring (bicyclic) bond motifs is 1. The zero-order chi connectivity index (χ0) is 17.5. The molecule has 0 saturated heterocycles. The number of hydrogen-bond donors (Lipinski definition) is 0. The molecular weight excluding hydrogens is 330 g/mol. The predicted molar refractivity (Wildman–Crippen MR) is 74.7 cm³/mol. The molecule has 24 heavy (non-hydrogen) atoms. The van der Waals surface area contributed by atoms with Gasteiger partial charge in [0.15, 0.2) is 11.3 Å². The number of aromatic nitrogens is 3. The molecule has 0 aliphatic rings. The SMILES string of the molecule is COC(=O)c1cn2nc(-c3ccc(F)cc3)cc(C(F)(F)F)c2n1. The highest BCUT2D eigenvalue weighted by atomic mass is 19.4. The van der Waals surface area contributed by atoms with Crippen LogP contribution in [0.15, 0.2) is 36.5 Å². The predicted octanol–water partition coefficient (Wildman–Crippen LogP) is 3.34. The van der Waals surface area contributed by atoms with Crippen LogP contribution >= 0.6 is 0 Å². The van der Waals surface area contributed by atoms with Crippen LogP contribution in [0.3, 0.4) is 0 Å². The summed E-state index contributed by atoms with van der Waals surface area (Å²) >= 11 is 0. The summed E-state index contributed by atoms with van der Waals surface area (Å²) in [5.41, 5.74) is -1.63. The fourth-order valence-corrected chi connectivity index (χ4v) is 2.15. The van der Waals surface area contributed by atoms with E-state index in [1.54, 1.807) is 0 Å². The summed E-state index contributed by atoms with van der Waals surface area (Å²) < 4.78 is 58.2. The van der Waals surface area contributed by atoms with Crippen molar-refractivity contribution in [2.75, 3.05) is 7.11 Å². The molecule has 0 spiro atoms. The summed E-state index contributed by atoms with van der Waals surface area (Å²) in [4.78, 5) is 15.1. The molecule has 5 nitrogen and oxygen atoms in total. The molecule has 0 N–H and O–H groups in total. The van der Waals surface area contributed by atoms with Crippen molar-refractivity contribution in [1.29, 1.82) is 0 Å². The first kappa shape index (κ1) is 15.9. The van der Waals surface area contributed by atoms with Crippen LogP contribution < -0.4 is 0 Å². The number of imidazole rings is 1. The molecule has 124 valence electrons. The third-order valence-corrected chi connectivity index (χ3v) is 3.27. The first-order valence-electron chi connectivity index (χ1n) is 6.61. The number of rotatable bonds is 2. The topological polar surface area (TPSA) is 56.5 Å². The molecule has 1 aromatic carbocycles. The van der Waals surface area contributed by atoms with E-state index in [0.29, 0.717) is 0 Å². The van der Waals surface area contributed by atoms with Crippen molar-refractivity contribution >= 4 is 11.6 Å². The van der Waals surface area contributed by atoms with Gasteiger partial charge >= 0.3 is 12.1 Å². The summed E-state index contributed by atoms with van der Waals surface area (Å²) in [6, 6.07) is 5.64. The average Bonchev–Trinajstić information content (AvgIpc) is 2.96. The highest BCUT2D eigenvalue weighted by Gasteiger charge is 2.35. The number of carbonyl (C=O) groups is 1. The second-order valence-electron chi connectivity index (χ2n) is 4.83. The number of hydrogen-bond acceptors (Lipinski definition) is 4. The molecule has 0 atom stereocenters. The van der Waals surface area contributed by atoms with E-state index in [2.05, 4.69) is 14.8 Å². The van der Waals surface area contributed by atoms with E-state index in [4.69, 9.17) is 0 Å². The average molecular weight is 339 g/mol. The smallest absolute Gasteiger partial charge is 0.420 e. The third kappa shape index (κ3) is 2.80. The van der Waals surface area contributed by atoms with Crippen molar-refractivity contribution in [3.63, 3.8) is 0 Å². The van der Waals surface area contributed by atoms with E-state index >= 15 is 0 Å². The van der Waals surface area contributed by atoms with Crippen molar-refractivity contribution in [1.82, 2.24) is 14.6 Å². The summed E-state index contributed by atoms with van der Waals surface area (Å²) in [6.45, 7) is 0. The molecule has 2 heterocycles. The Morgan fingerprint density at radius 2 is 1.88 bits per heavy atom. The fraction of sp³-hybridized carbons (Fsp3) is 0.133. The number of nitrogens with zero attached hydrogens (tertiary/aromatic N) is 3. The lowest BCUT2D eigenvalue weighted by Gasteiger charge is -2.10. The van der Waals surface area contributed by atoms with Gasteiger partial charge in [-0.2, -0.15) is 18.3 Å². The number of halogens is 4. The van der Waals surface area contributed by atoms with Gasteiger partial charge in [0, 0.05) is 5.56 Å². The van der Waals surface area contributed by atoms with Gasteiger partial charge in [-0.25, -0.2) is 18.7 Å². The molecule has 0 aliphatic carbocycles. The van der Waals surface area contributed by atoms with Gasteiger partial charge in [-0.15, -0.1) is 0 Å². The van der Waals surface area contributed by atoms with Crippen LogP contribution in [0.5, 0.6) is 0 Å². The zero-order valence-corrected chi connectivity index (χ0v) is 12.1. The van der Waals surface area contributed by atoms with E-state index < -0.39 is 29.2 Å². The third-order valence-electron chi connectivity index (χ3n) is 3.27. The number of benzene rings is 1. The first-order chi connectivity index (χ1) is 11.3. The molecule has 0 aliphatic heterocycles. The van der Waals surface area contributed by atoms with Crippen molar-refractivity contribution in [3.8, 4) is 11.3 Å². The Labute approximate surface area is 132 Å². The van der Waals surface area contributed by atoms with Gasteiger partial charge in [0.2, 0.25) is 0 Å². The number of ether oxygens (including phenoxy) is 1. The van der Waals surface area contributed by atoms with Gasteiger partial charge in [0.25, 0.3) is 0 Å². The van der Waals surface area contributed by atoms with Gasteiger partial charge in [-0.3, -0.25) is 0 Å². The largest absolute Gasteiger partial charge is 0.464 e. The number of esters is 1. The molecule has 3 rings (SSSR count). The maximum Gasteiger partial charge on any atom is 0.420 e. The Balaban J connectivity index is 2.25. The second-order valence-corrected chi connectivity index (χ2v) is 4.83. The molecule has 9 heteroatoms. The summed E-state index contributed by atoms with van der Waals surface area (Å²) in [7, 11) is 1.09. The van der Waals surface area contributed by atoms with Crippen LogP contribution in [-0.2, 0) is 10.9 Å². The highest BCUT2D eigenvalue weighted by molar-refractivity contribution is 5.88. The van der Waals surface area contributed by atoms with Crippen molar-refractivity contribution in [3.05, 3.63) is 53.6 Å².